The monoisotopic (exact) mass is 229 g/mol. The smallest absolute Gasteiger partial charge is 0.406 e. The molecule has 0 bridgehead atoms. The summed E-state index contributed by atoms with van der Waals surface area (Å²) in [5, 5.41) is 8.38. The number of ether oxygens (including phenoxy) is 1. The van der Waals surface area contributed by atoms with E-state index in [9.17, 15) is 13.2 Å². The number of nitrogens with zero attached hydrogens (tertiary/aromatic N) is 1. The molecule has 0 heterocycles. The Balaban J connectivity index is 2.80. The number of nitriles is 1. The standard InChI is InChI=1S/C11H10F3NO/c1-8-7-9(3-2-6-15)4-5-10(8)16-11(12,13)14/h4-5,7H,2-3H2,1H3. The number of rotatable bonds is 3. The summed E-state index contributed by atoms with van der Waals surface area (Å²) in [6.45, 7) is 1.54. The fraction of sp³-hybridized carbons (Fsp3) is 0.364. The van der Waals surface area contributed by atoms with Crippen LogP contribution in [0.25, 0.3) is 0 Å². The molecule has 0 N–H and O–H groups in total. The molecule has 1 aromatic rings. The van der Waals surface area contributed by atoms with Crippen LogP contribution in [-0.4, -0.2) is 6.36 Å². The van der Waals surface area contributed by atoms with Crippen molar-refractivity contribution >= 4 is 0 Å². The van der Waals surface area contributed by atoms with E-state index in [1.165, 1.54) is 19.1 Å². The number of hydrogen-bond donors (Lipinski definition) is 0. The van der Waals surface area contributed by atoms with Gasteiger partial charge in [-0.1, -0.05) is 12.1 Å². The number of halogens is 3. The second kappa shape index (κ2) is 4.88. The van der Waals surface area contributed by atoms with Crippen LogP contribution in [0.4, 0.5) is 13.2 Å². The van der Waals surface area contributed by atoms with Gasteiger partial charge in [-0.05, 0) is 30.5 Å². The Morgan fingerprint density at radius 3 is 2.56 bits per heavy atom. The molecule has 16 heavy (non-hydrogen) atoms. The molecule has 0 fully saturated rings. The Morgan fingerprint density at radius 2 is 2.06 bits per heavy atom. The predicted molar refractivity (Wildman–Crippen MR) is 51.8 cm³/mol. The highest BCUT2D eigenvalue weighted by atomic mass is 19.4. The summed E-state index contributed by atoms with van der Waals surface area (Å²) in [6, 6.07) is 6.38. The van der Waals surface area contributed by atoms with Gasteiger partial charge in [0.1, 0.15) is 5.75 Å². The molecule has 5 heteroatoms. The van der Waals surface area contributed by atoms with E-state index in [-0.39, 0.29) is 5.75 Å². The summed E-state index contributed by atoms with van der Waals surface area (Å²) in [5.41, 5.74) is 1.24. The van der Waals surface area contributed by atoms with Crippen LogP contribution in [0.2, 0.25) is 0 Å². The van der Waals surface area contributed by atoms with Crippen molar-refractivity contribution < 1.29 is 17.9 Å². The van der Waals surface area contributed by atoms with Gasteiger partial charge in [0.2, 0.25) is 0 Å². The fourth-order valence-electron chi connectivity index (χ4n) is 1.31. The molecule has 0 atom stereocenters. The van der Waals surface area contributed by atoms with Crippen LogP contribution in [0.3, 0.4) is 0 Å². The summed E-state index contributed by atoms with van der Waals surface area (Å²) in [6.07, 6.45) is -3.79. The first-order valence-electron chi connectivity index (χ1n) is 4.64. The Labute approximate surface area is 91.3 Å². The van der Waals surface area contributed by atoms with Gasteiger partial charge in [-0.15, -0.1) is 13.2 Å². The quantitative estimate of drug-likeness (QED) is 0.796. The maximum atomic E-state index is 12.0. The summed E-state index contributed by atoms with van der Waals surface area (Å²) < 4.78 is 39.7. The van der Waals surface area contributed by atoms with Gasteiger partial charge in [-0.3, -0.25) is 0 Å². The van der Waals surface area contributed by atoms with E-state index in [0.717, 1.165) is 5.56 Å². The minimum absolute atomic E-state index is 0.201. The lowest BCUT2D eigenvalue weighted by molar-refractivity contribution is -0.274. The summed E-state index contributed by atoms with van der Waals surface area (Å²) in [4.78, 5) is 0. The van der Waals surface area contributed by atoms with Gasteiger partial charge >= 0.3 is 6.36 Å². The normalized spacial score (nSPS) is 10.9. The number of hydrogen-bond acceptors (Lipinski definition) is 2. The molecule has 1 aromatic carbocycles. The van der Waals surface area contributed by atoms with Gasteiger partial charge < -0.3 is 4.74 Å². The molecule has 0 spiro atoms. The third kappa shape index (κ3) is 3.81. The van der Waals surface area contributed by atoms with Crippen molar-refractivity contribution in [1.29, 1.82) is 5.26 Å². The van der Waals surface area contributed by atoms with Crippen LogP contribution in [0, 0.1) is 18.3 Å². The SMILES string of the molecule is Cc1cc(CCC#N)ccc1OC(F)(F)F. The zero-order chi connectivity index (χ0) is 12.2. The predicted octanol–water partition coefficient (Wildman–Crippen LogP) is 3.35. The van der Waals surface area contributed by atoms with Gasteiger partial charge in [0.05, 0.1) is 6.07 Å². The fourth-order valence-corrected chi connectivity index (χ4v) is 1.31. The summed E-state index contributed by atoms with van der Waals surface area (Å²) in [5.74, 6) is -0.201. The molecule has 0 radical (unpaired) electrons. The molecule has 0 aliphatic rings. The maximum absolute atomic E-state index is 12.0. The van der Waals surface area contributed by atoms with Crippen molar-refractivity contribution in [1.82, 2.24) is 0 Å². The van der Waals surface area contributed by atoms with Crippen molar-refractivity contribution in [2.45, 2.75) is 26.1 Å². The summed E-state index contributed by atoms with van der Waals surface area (Å²) in [7, 11) is 0. The molecular formula is C11H10F3NO. The van der Waals surface area contributed by atoms with Crippen LogP contribution in [-0.2, 0) is 6.42 Å². The zero-order valence-corrected chi connectivity index (χ0v) is 8.64. The van der Waals surface area contributed by atoms with Crippen molar-refractivity contribution in [3.05, 3.63) is 29.3 Å². The minimum atomic E-state index is -4.67. The molecule has 0 aromatic heterocycles. The second-order valence-electron chi connectivity index (χ2n) is 3.31. The molecule has 86 valence electrons. The van der Waals surface area contributed by atoms with Crippen LogP contribution in [0.1, 0.15) is 17.5 Å². The van der Waals surface area contributed by atoms with Gasteiger partial charge in [0, 0.05) is 6.42 Å². The molecule has 0 aliphatic carbocycles. The van der Waals surface area contributed by atoms with Crippen molar-refractivity contribution in [3.63, 3.8) is 0 Å². The lowest BCUT2D eigenvalue weighted by Crippen LogP contribution is -2.17. The summed E-state index contributed by atoms with van der Waals surface area (Å²) >= 11 is 0. The molecule has 2 nitrogen and oxygen atoms in total. The third-order valence-electron chi connectivity index (χ3n) is 1.99. The Bertz CT molecular complexity index is 407. The van der Waals surface area contributed by atoms with Crippen molar-refractivity contribution in [3.8, 4) is 11.8 Å². The van der Waals surface area contributed by atoms with E-state index in [0.29, 0.717) is 18.4 Å². The largest absolute Gasteiger partial charge is 0.573 e. The Hall–Kier alpha value is -1.70. The van der Waals surface area contributed by atoms with E-state index >= 15 is 0 Å². The van der Waals surface area contributed by atoms with Crippen LogP contribution in [0.5, 0.6) is 5.75 Å². The van der Waals surface area contributed by atoms with Gasteiger partial charge in [-0.2, -0.15) is 5.26 Å². The highest BCUT2D eigenvalue weighted by molar-refractivity contribution is 5.36. The third-order valence-corrected chi connectivity index (χ3v) is 1.99. The average Bonchev–Trinajstić information content (AvgIpc) is 2.17. The van der Waals surface area contributed by atoms with E-state index in [1.54, 1.807) is 6.07 Å². The Kier molecular flexibility index (Phi) is 3.78. The first-order valence-corrected chi connectivity index (χ1v) is 4.64. The lowest BCUT2D eigenvalue weighted by atomic mass is 10.1. The maximum Gasteiger partial charge on any atom is 0.573 e. The first-order chi connectivity index (χ1) is 7.42. The number of benzene rings is 1. The lowest BCUT2D eigenvalue weighted by Gasteiger charge is -2.11. The van der Waals surface area contributed by atoms with Crippen molar-refractivity contribution in [2.24, 2.45) is 0 Å². The minimum Gasteiger partial charge on any atom is -0.406 e. The topological polar surface area (TPSA) is 33.0 Å². The molecule has 0 unspecified atom stereocenters. The van der Waals surface area contributed by atoms with E-state index in [2.05, 4.69) is 4.74 Å². The van der Waals surface area contributed by atoms with Crippen LogP contribution >= 0.6 is 0 Å². The van der Waals surface area contributed by atoms with Gasteiger partial charge in [0.25, 0.3) is 0 Å². The number of alkyl halides is 3. The van der Waals surface area contributed by atoms with Crippen LogP contribution < -0.4 is 4.74 Å². The average molecular weight is 229 g/mol. The second-order valence-corrected chi connectivity index (χ2v) is 3.31. The molecule has 0 saturated carbocycles. The van der Waals surface area contributed by atoms with E-state index in [4.69, 9.17) is 5.26 Å². The van der Waals surface area contributed by atoms with Crippen LogP contribution in [0.15, 0.2) is 18.2 Å². The number of aryl methyl sites for hydroxylation is 2. The van der Waals surface area contributed by atoms with Gasteiger partial charge in [0.15, 0.2) is 0 Å². The molecule has 0 aliphatic heterocycles. The van der Waals surface area contributed by atoms with Gasteiger partial charge in [-0.25, -0.2) is 0 Å². The molecular weight excluding hydrogens is 219 g/mol. The highest BCUT2D eigenvalue weighted by Gasteiger charge is 2.31. The Morgan fingerprint density at radius 1 is 1.38 bits per heavy atom. The van der Waals surface area contributed by atoms with E-state index in [1.807, 2.05) is 6.07 Å². The molecule has 0 amide bonds. The molecule has 1 rings (SSSR count). The highest BCUT2D eigenvalue weighted by Crippen LogP contribution is 2.26. The molecule has 0 saturated heterocycles. The zero-order valence-electron chi connectivity index (χ0n) is 8.64. The van der Waals surface area contributed by atoms with Crippen molar-refractivity contribution in [2.75, 3.05) is 0 Å². The first kappa shape index (κ1) is 12.4. The van der Waals surface area contributed by atoms with E-state index < -0.39 is 6.36 Å².